The van der Waals surface area contributed by atoms with Crippen LogP contribution in [-0.2, 0) is 4.74 Å². The van der Waals surface area contributed by atoms with Crippen LogP contribution in [0.5, 0.6) is 17.4 Å². The van der Waals surface area contributed by atoms with Crippen LogP contribution >= 0.6 is 0 Å². The summed E-state index contributed by atoms with van der Waals surface area (Å²) in [6, 6.07) is 8.76. The van der Waals surface area contributed by atoms with Crippen molar-refractivity contribution < 1.29 is 28.9 Å². The van der Waals surface area contributed by atoms with Crippen LogP contribution < -0.4 is 14.8 Å². The molecular weight excluding hydrogens is 516 g/mol. The van der Waals surface area contributed by atoms with Gasteiger partial charge in [-0.3, -0.25) is 9.59 Å². The molecular formula is C28H36N6O6. The van der Waals surface area contributed by atoms with Gasteiger partial charge in [0.1, 0.15) is 29.0 Å². The van der Waals surface area contributed by atoms with Gasteiger partial charge in [-0.15, -0.1) is 0 Å². The highest BCUT2D eigenvalue weighted by Gasteiger charge is 2.22. The normalized spacial score (nSPS) is 15.4. The van der Waals surface area contributed by atoms with Gasteiger partial charge in [-0.25, -0.2) is 9.97 Å². The van der Waals surface area contributed by atoms with Crippen molar-refractivity contribution in [3.8, 4) is 28.6 Å². The predicted molar refractivity (Wildman–Crippen MR) is 148 cm³/mol. The Hall–Kier alpha value is -4.00. The number of piperazine rings is 1. The van der Waals surface area contributed by atoms with Gasteiger partial charge in [0.15, 0.2) is 0 Å². The fraction of sp³-hybridized carbons (Fsp3) is 0.429. The number of hydrogen-bond acceptors (Lipinski definition) is 9. The van der Waals surface area contributed by atoms with Gasteiger partial charge in [-0.2, -0.15) is 0 Å². The van der Waals surface area contributed by atoms with Crippen molar-refractivity contribution in [2.24, 2.45) is 0 Å². The molecule has 1 aliphatic heterocycles. The maximum absolute atomic E-state index is 12.8. The standard InChI is InChI=1S/C28H36N6O6/c1-18(35)14-31-27(36)24-6-5-23(32-24)20-11-21(39-19(2)17-38-4)13-22(12-20)40-26-16-29-25(15-30-26)28(37)34-9-7-33(3)8-10-34/h5-6,11-13,15-16,18-19,32,35H,7-10,14,17H2,1-4H3,(H,31,36)/t18-,19+/m1/s1. The molecule has 2 aromatic heterocycles. The number of aliphatic hydroxyl groups is 1. The molecule has 2 atom stereocenters. The number of amides is 2. The van der Waals surface area contributed by atoms with E-state index in [1.807, 2.05) is 20.0 Å². The summed E-state index contributed by atoms with van der Waals surface area (Å²) in [5.41, 5.74) is 1.98. The largest absolute Gasteiger partial charge is 0.488 e. The smallest absolute Gasteiger partial charge is 0.274 e. The van der Waals surface area contributed by atoms with E-state index in [1.165, 1.54) is 12.4 Å². The van der Waals surface area contributed by atoms with Crippen molar-refractivity contribution >= 4 is 11.8 Å². The summed E-state index contributed by atoms with van der Waals surface area (Å²) >= 11 is 0. The quantitative estimate of drug-likeness (QED) is 0.326. The van der Waals surface area contributed by atoms with Crippen molar-refractivity contribution in [3.63, 3.8) is 0 Å². The Kier molecular flexibility index (Phi) is 9.70. The molecule has 3 heterocycles. The Labute approximate surface area is 233 Å². The Balaban J connectivity index is 1.53. The third-order valence-corrected chi connectivity index (χ3v) is 6.28. The first-order valence-electron chi connectivity index (χ1n) is 13.2. The lowest BCUT2D eigenvalue weighted by Crippen LogP contribution is -2.47. The van der Waals surface area contributed by atoms with Gasteiger partial charge in [-0.05, 0) is 45.2 Å². The van der Waals surface area contributed by atoms with E-state index >= 15 is 0 Å². The molecule has 1 saturated heterocycles. The monoisotopic (exact) mass is 552 g/mol. The molecule has 4 rings (SSSR count). The first-order chi connectivity index (χ1) is 19.2. The minimum atomic E-state index is -0.650. The number of rotatable bonds is 11. The summed E-state index contributed by atoms with van der Waals surface area (Å²) in [6.07, 6.45) is 1.96. The maximum atomic E-state index is 12.8. The van der Waals surface area contributed by atoms with Gasteiger partial charge in [0.2, 0.25) is 5.88 Å². The number of benzene rings is 1. The number of aromatic amines is 1. The first-order valence-corrected chi connectivity index (χ1v) is 13.2. The molecule has 0 spiro atoms. The summed E-state index contributed by atoms with van der Waals surface area (Å²) < 4.78 is 17.2. The number of aliphatic hydroxyl groups excluding tert-OH is 1. The zero-order chi connectivity index (χ0) is 28.6. The zero-order valence-electron chi connectivity index (χ0n) is 23.2. The average molecular weight is 553 g/mol. The highest BCUT2D eigenvalue weighted by atomic mass is 16.5. The van der Waals surface area contributed by atoms with Crippen LogP contribution in [0.25, 0.3) is 11.3 Å². The predicted octanol–water partition coefficient (Wildman–Crippen LogP) is 2.18. The number of carbonyl (C=O) groups is 2. The van der Waals surface area contributed by atoms with Gasteiger partial charge in [0.25, 0.3) is 11.8 Å². The molecule has 214 valence electrons. The van der Waals surface area contributed by atoms with E-state index < -0.39 is 6.10 Å². The van der Waals surface area contributed by atoms with Crippen LogP contribution in [0.4, 0.5) is 0 Å². The Bertz CT molecular complexity index is 1290. The van der Waals surface area contributed by atoms with Crippen molar-refractivity contribution in [1.82, 2.24) is 30.1 Å². The molecule has 2 amide bonds. The van der Waals surface area contributed by atoms with E-state index in [9.17, 15) is 14.7 Å². The number of aromatic nitrogens is 3. The summed E-state index contributed by atoms with van der Waals surface area (Å²) in [7, 11) is 3.63. The molecule has 3 aromatic rings. The molecule has 12 nitrogen and oxygen atoms in total. The van der Waals surface area contributed by atoms with Crippen LogP contribution in [-0.4, -0.2) is 107 Å². The lowest BCUT2D eigenvalue weighted by molar-refractivity contribution is 0.0657. The summed E-state index contributed by atoms with van der Waals surface area (Å²) in [6.45, 7) is 6.96. The van der Waals surface area contributed by atoms with E-state index in [0.717, 1.165) is 13.1 Å². The van der Waals surface area contributed by atoms with Gasteiger partial charge < -0.3 is 39.4 Å². The first kappa shape index (κ1) is 29.0. The second-order valence-electron chi connectivity index (χ2n) is 9.86. The molecule has 1 fully saturated rings. The molecule has 0 aliphatic carbocycles. The average Bonchev–Trinajstić information content (AvgIpc) is 3.43. The Morgan fingerprint density at radius 3 is 2.50 bits per heavy atom. The minimum absolute atomic E-state index is 0.146. The van der Waals surface area contributed by atoms with Crippen molar-refractivity contribution in [3.05, 3.63) is 54.1 Å². The van der Waals surface area contributed by atoms with Crippen molar-refractivity contribution in [2.75, 3.05) is 53.5 Å². The fourth-order valence-electron chi connectivity index (χ4n) is 4.16. The second kappa shape index (κ2) is 13.4. The van der Waals surface area contributed by atoms with Crippen molar-refractivity contribution in [2.45, 2.75) is 26.1 Å². The third kappa shape index (κ3) is 7.78. The fourth-order valence-corrected chi connectivity index (χ4v) is 4.16. The summed E-state index contributed by atoms with van der Waals surface area (Å²) in [5, 5.41) is 12.1. The Morgan fingerprint density at radius 2 is 1.82 bits per heavy atom. The molecule has 0 radical (unpaired) electrons. The van der Waals surface area contributed by atoms with Crippen LogP contribution in [0.2, 0.25) is 0 Å². The number of likely N-dealkylation sites (N-methyl/N-ethyl adjacent to an activating group) is 1. The molecule has 0 saturated carbocycles. The minimum Gasteiger partial charge on any atom is -0.488 e. The Morgan fingerprint density at radius 1 is 1.07 bits per heavy atom. The number of nitrogens with zero attached hydrogens (tertiary/aromatic N) is 4. The maximum Gasteiger partial charge on any atom is 0.274 e. The van der Waals surface area contributed by atoms with E-state index in [1.54, 1.807) is 43.2 Å². The van der Waals surface area contributed by atoms with E-state index in [0.29, 0.717) is 48.1 Å². The second-order valence-corrected chi connectivity index (χ2v) is 9.86. The lowest BCUT2D eigenvalue weighted by atomic mass is 10.1. The number of methoxy groups -OCH3 is 1. The topological polar surface area (TPSA) is 142 Å². The van der Waals surface area contributed by atoms with Gasteiger partial charge in [0.05, 0.1) is 25.1 Å². The van der Waals surface area contributed by atoms with E-state index in [2.05, 4.69) is 25.2 Å². The SMILES string of the molecule is COC[C@H](C)Oc1cc(Oc2cnc(C(=O)N3CCN(C)CC3)cn2)cc(-c2ccc(C(=O)NC[C@@H](C)O)[nH]2)c1. The summed E-state index contributed by atoms with van der Waals surface area (Å²) in [4.78, 5) is 40.9. The number of hydrogen-bond donors (Lipinski definition) is 3. The molecule has 3 N–H and O–H groups in total. The summed E-state index contributed by atoms with van der Waals surface area (Å²) in [5.74, 6) is 0.691. The highest BCUT2D eigenvalue weighted by molar-refractivity contribution is 5.93. The van der Waals surface area contributed by atoms with Crippen LogP contribution in [0.3, 0.4) is 0 Å². The molecule has 0 bridgehead atoms. The zero-order valence-corrected chi connectivity index (χ0v) is 23.2. The van der Waals surface area contributed by atoms with Crippen LogP contribution in [0.15, 0.2) is 42.7 Å². The van der Waals surface area contributed by atoms with E-state index in [4.69, 9.17) is 14.2 Å². The van der Waals surface area contributed by atoms with Gasteiger partial charge >= 0.3 is 0 Å². The highest BCUT2D eigenvalue weighted by Crippen LogP contribution is 2.32. The molecule has 1 aliphatic rings. The van der Waals surface area contributed by atoms with Crippen molar-refractivity contribution in [1.29, 1.82) is 0 Å². The van der Waals surface area contributed by atoms with Crippen LogP contribution in [0.1, 0.15) is 34.8 Å². The van der Waals surface area contributed by atoms with Gasteiger partial charge in [0, 0.05) is 57.2 Å². The molecule has 1 aromatic carbocycles. The third-order valence-electron chi connectivity index (χ3n) is 6.28. The van der Waals surface area contributed by atoms with E-state index in [-0.39, 0.29) is 36.0 Å². The molecule has 40 heavy (non-hydrogen) atoms. The lowest BCUT2D eigenvalue weighted by Gasteiger charge is -2.32. The van der Waals surface area contributed by atoms with Crippen LogP contribution in [0, 0.1) is 0 Å². The van der Waals surface area contributed by atoms with Gasteiger partial charge in [-0.1, -0.05) is 0 Å². The number of ether oxygens (including phenoxy) is 3. The molecule has 0 unspecified atom stereocenters. The number of carbonyl (C=O) groups excluding carboxylic acids is 2. The molecule has 12 heteroatoms. The number of H-pyrrole nitrogens is 1. The number of nitrogens with one attached hydrogen (secondary N) is 2.